The molecule has 0 aliphatic carbocycles. The Bertz CT molecular complexity index is 909. The monoisotopic (exact) mass is 375 g/mol. The van der Waals surface area contributed by atoms with Crippen LogP contribution in [0.2, 0.25) is 10.0 Å². The van der Waals surface area contributed by atoms with Crippen LogP contribution in [0.15, 0.2) is 47.0 Å². The average molecular weight is 376 g/mol. The van der Waals surface area contributed by atoms with Crippen LogP contribution in [0.4, 0.5) is 0 Å². The fourth-order valence-corrected chi connectivity index (χ4v) is 2.59. The minimum absolute atomic E-state index is 0.198. The molecule has 3 aromatic rings. The van der Waals surface area contributed by atoms with Gasteiger partial charge in [0.15, 0.2) is 0 Å². The van der Waals surface area contributed by atoms with Gasteiger partial charge in [-0.1, -0.05) is 46.6 Å². The van der Waals surface area contributed by atoms with Crippen LogP contribution < -0.4 is 5.32 Å². The van der Waals surface area contributed by atoms with E-state index in [2.05, 4.69) is 15.5 Å². The van der Waals surface area contributed by atoms with E-state index in [4.69, 9.17) is 27.7 Å². The van der Waals surface area contributed by atoms with Crippen molar-refractivity contribution in [3.8, 4) is 11.4 Å². The fraction of sp³-hybridized carbons (Fsp3) is 0.167. The van der Waals surface area contributed by atoms with E-state index in [0.29, 0.717) is 40.3 Å². The molecular weight excluding hydrogens is 361 g/mol. The second-order valence-electron chi connectivity index (χ2n) is 5.49. The number of rotatable bonds is 5. The first-order chi connectivity index (χ1) is 12.0. The number of aromatic nitrogens is 2. The summed E-state index contributed by atoms with van der Waals surface area (Å²) in [6.07, 6.45) is 0.429. The van der Waals surface area contributed by atoms with E-state index in [0.717, 1.165) is 11.1 Å². The molecule has 0 spiro atoms. The Hall–Kier alpha value is -2.37. The maximum Gasteiger partial charge on any atom is 0.251 e. The molecule has 128 valence electrons. The Morgan fingerprint density at radius 2 is 2.04 bits per heavy atom. The molecule has 0 radical (unpaired) electrons. The molecule has 0 atom stereocenters. The highest BCUT2D eigenvalue weighted by molar-refractivity contribution is 6.31. The summed E-state index contributed by atoms with van der Waals surface area (Å²) in [4.78, 5) is 16.4. The smallest absolute Gasteiger partial charge is 0.251 e. The van der Waals surface area contributed by atoms with Crippen LogP contribution in [0.3, 0.4) is 0 Å². The Labute approximate surface area is 155 Å². The van der Waals surface area contributed by atoms with Crippen molar-refractivity contribution in [2.75, 3.05) is 6.54 Å². The largest absolute Gasteiger partial charge is 0.352 e. The maximum absolute atomic E-state index is 12.1. The first-order valence-electron chi connectivity index (χ1n) is 7.66. The third-order valence-corrected chi connectivity index (χ3v) is 4.25. The number of amides is 1. The van der Waals surface area contributed by atoms with Gasteiger partial charge in [-0.3, -0.25) is 4.79 Å². The number of aryl methyl sites for hydroxylation is 1. The number of carbonyl (C=O) groups excluding carboxylic acids is 1. The summed E-state index contributed by atoms with van der Waals surface area (Å²) in [5.74, 6) is 0.711. The third-order valence-electron chi connectivity index (χ3n) is 3.61. The molecule has 7 heteroatoms. The average Bonchev–Trinajstić information content (AvgIpc) is 3.06. The fourth-order valence-electron chi connectivity index (χ4n) is 2.22. The number of halogens is 2. The highest BCUT2D eigenvalue weighted by atomic mass is 35.5. The summed E-state index contributed by atoms with van der Waals surface area (Å²) in [6.45, 7) is 2.26. The zero-order valence-electron chi connectivity index (χ0n) is 13.4. The van der Waals surface area contributed by atoms with Crippen molar-refractivity contribution in [3.63, 3.8) is 0 Å². The van der Waals surface area contributed by atoms with Crippen LogP contribution in [0.1, 0.15) is 21.8 Å². The number of nitrogens with one attached hydrogen (secondary N) is 1. The molecule has 1 N–H and O–H groups in total. The van der Waals surface area contributed by atoms with Gasteiger partial charge in [-0.25, -0.2) is 0 Å². The van der Waals surface area contributed by atoms with Crippen molar-refractivity contribution in [2.45, 2.75) is 13.3 Å². The minimum Gasteiger partial charge on any atom is -0.352 e. The van der Waals surface area contributed by atoms with E-state index in [1.165, 1.54) is 0 Å². The second-order valence-corrected chi connectivity index (χ2v) is 6.34. The second kappa shape index (κ2) is 7.68. The van der Waals surface area contributed by atoms with Crippen LogP contribution in [0.25, 0.3) is 11.4 Å². The number of hydrogen-bond acceptors (Lipinski definition) is 4. The Morgan fingerprint density at radius 1 is 1.20 bits per heavy atom. The molecule has 5 nitrogen and oxygen atoms in total. The SMILES string of the molecule is Cc1ccc(C(=O)NCCc2nc(-c3cccc(Cl)c3)no2)cc1Cl. The molecule has 0 aliphatic heterocycles. The number of carbonyl (C=O) groups is 1. The van der Waals surface area contributed by atoms with Crippen molar-refractivity contribution in [3.05, 3.63) is 69.5 Å². The molecule has 0 saturated heterocycles. The van der Waals surface area contributed by atoms with Crippen molar-refractivity contribution in [1.82, 2.24) is 15.5 Å². The summed E-state index contributed by atoms with van der Waals surface area (Å²) in [5.41, 5.74) is 2.22. The molecule has 1 amide bonds. The summed E-state index contributed by atoms with van der Waals surface area (Å²) in [6, 6.07) is 12.4. The molecule has 0 unspecified atom stereocenters. The zero-order valence-corrected chi connectivity index (χ0v) is 14.9. The normalized spacial score (nSPS) is 10.7. The molecule has 1 heterocycles. The number of benzene rings is 2. The van der Waals surface area contributed by atoms with E-state index in [1.807, 2.05) is 25.1 Å². The molecule has 0 bridgehead atoms. The standard InChI is InChI=1S/C18H15Cl2N3O2/c1-11-5-6-13(10-15(11)20)18(24)21-8-7-16-22-17(23-25-16)12-3-2-4-14(19)9-12/h2-6,9-10H,7-8H2,1H3,(H,21,24). The van der Waals surface area contributed by atoms with Gasteiger partial charge in [0, 0.05) is 34.1 Å². The molecule has 2 aromatic carbocycles. The van der Waals surface area contributed by atoms with E-state index in [1.54, 1.807) is 24.3 Å². The van der Waals surface area contributed by atoms with Crippen LogP contribution >= 0.6 is 23.2 Å². The third kappa shape index (κ3) is 4.38. The summed E-state index contributed by atoms with van der Waals surface area (Å²) in [7, 11) is 0. The van der Waals surface area contributed by atoms with E-state index in [-0.39, 0.29) is 5.91 Å². The Kier molecular flexibility index (Phi) is 5.36. The van der Waals surface area contributed by atoms with E-state index in [9.17, 15) is 4.79 Å². The molecule has 3 rings (SSSR count). The van der Waals surface area contributed by atoms with Crippen molar-refractivity contribution in [2.24, 2.45) is 0 Å². The van der Waals surface area contributed by atoms with Gasteiger partial charge >= 0.3 is 0 Å². The number of nitrogens with zero attached hydrogens (tertiary/aromatic N) is 2. The first-order valence-corrected chi connectivity index (χ1v) is 8.41. The van der Waals surface area contributed by atoms with Crippen molar-refractivity contribution in [1.29, 1.82) is 0 Å². The molecular formula is C18H15Cl2N3O2. The van der Waals surface area contributed by atoms with Crippen LogP contribution in [0, 0.1) is 6.92 Å². The van der Waals surface area contributed by atoms with Gasteiger partial charge in [0.25, 0.3) is 5.91 Å². The first kappa shape index (κ1) is 17.5. The van der Waals surface area contributed by atoms with E-state index >= 15 is 0 Å². The summed E-state index contributed by atoms with van der Waals surface area (Å²) in [5, 5.41) is 7.91. The molecule has 1 aromatic heterocycles. The van der Waals surface area contributed by atoms with Crippen LogP contribution in [-0.2, 0) is 6.42 Å². The minimum atomic E-state index is -0.198. The van der Waals surface area contributed by atoms with Gasteiger partial charge in [0.2, 0.25) is 11.7 Å². The van der Waals surface area contributed by atoms with E-state index < -0.39 is 0 Å². The van der Waals surface area contributed by atoms with Crippen molar-refractivity contribution < 1.29 is 9.32 Å². The van der Waals surface area contributed by atoms with Gasteiger partial charge in [0.1, 0.15) is 0 Å². The highest BCUT2D eigenvalue weighted by Crippen LogP contribution is 2.20. The molecule has 0 aliphatic rings. The molecule has 0 saturated carbocycles. The molecule has 25 heavy (non-hydrogen) atoms. The predicted octanol–water partition coefficient (Wildman–Crippen LogP) is 4.32. The lowest BCUT2D eigenvalue weighted by Crippen LogP contribution is -2.25. The summed E-state index contributed by atoms with van der Waals surface area (Å²) < 4.78 is 5.20. The zero-order chi connectivity index (χ0) is 17.8. The van der Waals surface area contributed by atoms with Gasteiger partial charge in [0.05, 0.1) is 0 Å². The van der Waals surface area contributed by atoms with Gasteiger partial charge in [-0.15, -0.1) is 0 Å². The topological polar surface area (TPSA) is 68.0 Å². The van der Waals surface area contributed by atoms with Gasteiger partial charge in [-0.2, -0.15) is 4.98 Å². The lowest BCUT2D eigenvalue weighted by Gasteiger charge is -2.05. The summed E-state index contributed by atoms with van der Waals surface area (Å²) >= 11 is 12.0. The number of hydrogen-bond donors (Lipinski definition) is 1. The predicted molar refractivity (Wildman–Crippen MR) is 97.0 cm³/mol. The maximum atomic E-state index is 12.1. The van der Waals surface area contributed by atoms with Crippen LogP contribution in [-0.4, -0.2) is 22.6 Å². The highest BCUT2D eigenvalue weighted by Gasteiger charge is 2.11. The lowest BCUT2D eigenvalue weighted by molar-refractivity contribution is 0.0953. The van der Waals surface area contributed by atoms with Gasteiger partial charge < -0.3 is 9.84 Å². The van der Waals surface area contributed by atoms with Crippen LogP contribution in [0.5, 0.6) is 0 Å². The Morgan fingerprint density at radius 3 is 2.80 bits per heavy atom. The molecule has 0 fully saturated rings. The quantitative estimate of drug-likeness (QED) is 0.720. The van der Waals surface area contributed by atoms with Gasteiger partial charge in [-0.05, 0) is 36.8 Å². The lowest BCUT2D eigenvalue weighted by atomic mass is 10.1. The van der Waals surface area contributed by atoms with Crippen molar-refractivity contribution >= 4 is 29.1 Å². The Balaban J connectivity index is 1.57.